The third kappa shape index (κ3) is 7.09. The van der Waals surface area contributed by atoms with Crippen molar-refractivity contribution in [3.05, 3.63) is 72.3 Å². The number of rotatable bonds is 9. The summed E-state index contributed by atoms with van der Waals surface area (Å²) in [6, 6.07) is 20.0. The molecule has 7 nitrogen and oxygen atoms in total. The van der Waals surface area contributed by atoms with Gasteiger partial charge in [-0.15, -0.1) is 11.8 Å². The molecule has 0 bridgehead atoms. The normalized spacial score (nSPS) is 11.3. The molecular weight excluding hydrogens is 436 g/mol. The molecule has 3 aromatic carbocycles. The molecule has 0 aliphatic carbocycles. The molecule has 1 amide bonds. The van der Waals surface area contributed by atoms with E-state index in [0.29, 0.717) is 13.0 Å². The Kier molecular flexibility index (Phi) is 7.67. The van der Waals surface area contributed by atoms with Crippen molar-refractivity contribution in [3.63, 3.8) is 0 Å². The number of primary sulfonamides is 1. The number of hydrogen-bond donors (Lipinski definition) is 2. The van der Waals surface area contributed by atoms with Crippen molar-refractivity contribution in [1.82, 2.24) is 5.32 Å². The fourth-order valence-electron chi connectivity index (χ4n) is 2.83. The Bertz CT molecular complexity index is 1180. The number of carbonyl (C=O) groups is 2. The molecule has 31 heavy (non-hydrogen) atoms. The zero-order valence-corrected chi connectivity index (χ0v) is 18.2. The van der Waals surface area contributed by atoms with Crippen LogP contribution >= 0.6 is 11.8 Å². The zero-order chi connectivity index (χ0) is 22.3. The summed E-state index contributed by atoms with van der Waals surface area (Å²) in [5.74, 6) is -0.751. The van der Waals surface area contributed by atoms with Crippen LogP contribution in [0.15, 0.2) is 76.5 Å². The van der Waals surface area contributed by atoms with Gasteiger partial charge in [-0.1, -0.05) is 42.5 Å². The van der Waals surface area contributed by atoms with Crippen LogP contribution in [0.3, 0.4) is 0 Å². The lowest BCUT2D eigenvalue weighted by molar-refractivity contribution is -0.145. The largest absolute Gasteiger partial charge is 0.455 e. The molecule has 0 aromatic heterocycles. The summed E-state index contributed by atoms with van der Waals surface area (Å²) in [6.07, 6.45) is 0.502. The predicted octanol–water partition coefficient (Wildman–Crippen LogP) is 2.48. The summed E-state index contributed by atoms with van der Waals surface area (Å²) < 4.78 is 27.5. The van der Waals surface area contributed by atoms with E-state index >= 15 is 0 Å². The molecule has 0 atom stereocenters. The van der Waals surface area contributed by atoms with Gasteiger partial charge < -0.3 is 10.1 Å². The summed E-state index contributed by atoms with van der Waals surface area (Å²) >= 11 is 1.36. The number of hydrogen-bond acceptors (Lipinski definition) is 6. The second-order valence-electron chi connectivity index (χ2n) is 6.75. The number of esters is 1. The first-order valence-corrected chi connectivity index (χ1v) is 12.0. The molecule has 3 N–H and O–H groups in total. The first kappa shape index (κ1) is 22.8. The maximum absolute atomic E-state index is 11.9. The first-order valence-electron chi connectivity index (χ1n) is 9.47. The van der Waals surface area contributed by atoms with Crippen LogP contribution in [0.5, 0.6) is 0 Å². The number of sulfonamides is 1. The number of nitrogens with one attached hydrogen (secondary N) is 1. The molecule has 0 fully saturated rings. The number of carbonyl (C=O) groups excluding carboxylic acids is 2. The summed E-state index contributed by atoms with van der Waals surface area (Å²) in [5, 5.41) is 9.94. The van der Waals surface area contributed by atoms with Crippen molar-refractivity contribution in [1.29, 1.82) is 0 Å². The van der Waals surface area contributed by atoms with Crippen LogP contribution in [0.25, 0.3) is 10.8 Å². The van der Waals surface area contributed by atoms with Gasteiger partial charge in [-0.05, 0) is 47.0 Å². The Balaban J connectivity index is 1.35. The average molecular weight is 459 g/mol. The van der Waals surface area contributed by atoms with Crippen LogP contribution in [0.2, 0.25) is 0 Å². The Hall–Kier alpha value is -2.88. The molecule has 3 aromatic rings. The van der Waals surface area contributed by atoms with Gasteiger partial charge in [0.05, 0.1) is 10.6 Å². The van der Waals surface area contributed by atoms with Crippen molar-refractivity contribution < 1.29 is 22.7 Å². The van der Waals surface area contributed by atoms with Gasteiger partial charge in [-0.2, -0.15) is 0 Å². The second-order valence-corrected chi connectivity index (χ2v) is 9.36. The summed E-state index contributed by atoms with van der Waals surface area (Å²) in [7, 11) is -3.72. The number of fused-ring (bicyclic) bond motifs is 1. The smallest absolute Gasteiger partial charge is 0.316 e. The van der Waals surface area contributed by atoms with Crippen LogP contribution in [0, 0.1) is 0 Å². The number of thioether (sulfide) groups is 1. The minimum Gasteiger partial charge on any atom is -0.455 e. The molecule has 0 aliphatic heterocycles. The molecule has 0 unspecified atom stereocenters. The highest BCUT2D eigenvalue weighted by molar-refractivity contribution is 8.00. The molecule has 0 radical (unpaired) electrons. The van der Waals surface area contributed by atoms with Gasteiger partial charge in [0.15, 0.2) is 6.61 Å². The lowest BCUT2D eigenvalue weighted by Gasteiger charge is -2.07. The van der Waals surface area contributed by atoms with E-state index in [4.69, 9.17) is 9.88 Å². The van der Waals surface area contributed by atoms with Gasteiger partial charge in [0, 0.05) is 11.4 Å². The topological polar surface area (TPSA) is 116 Å². The fraction of sp³-hybridized carbons (Fsp3) is 0.182. The van der Waals surface area contributed by atoms with Crippen LogP contribution in [-0.4, -0.2) is 39.2 Å². The molecule has 0 spiro atoms. The number of nitrogens with two attached hydrogens (primary N) is 1. The number of amides is 1. The van der Waals surface area contributed by atoms with Gasteiger partial charge in [0.25, 0.3) is 5.91 Å². The van der Waals surface area contributed by atoms with E-state index in [2.05, 4.69) is 5.32 Å². The van der Waals surface area contributed by atoms with Crippen LogP contribution in [-0.2, 0) is 30.8 Å². The number of benzene rings is 3. The second kappa shape index (κ2) is 10.4. The lowest BCUT2D eigenvalue weighted by atomic mass is 10.1. The molecule has 0 saturated heterocycles. The number of ether oxygens (including phenoxy) is 1. The minimum absolute atomic E-state index is 0.0359. The summed E-state index contributed by atoms with van der Waals surface area (Å²) in [6.45, 7) is -0.0155. The SMILES string of the molecule is NS(=O)(=O)c1ccc(CCNC(=O)COC(=O)CSc2ccc3ccccc3c2)cc1. The van der Waals surface area contributed by atoms with Gasteiger partial charge in [-0.3, -0.25) is 9.59 Å². The van der Waals surface area contributed by atoms with Crippen molar-refractivity contribution >= 4 is 44.4 Å². The molecule has 3 rings (SSSR count). The standard InChI is InChI=1S/C22H22N2O5S2/c23-31(27,28)20-9-5-16(6-10-20)11-12-24-21(25)14-29-22(26)15-30-19-8-7-17-3-1-2-4-18(17)13-19/h1-10,13H,11-12,14-15H2,(H,24,25)(H2,23,27,28). The lowest BCUT2D eigenvalue weighted by Crippen LogP contribution is -2.30. The molecule has 9 heteroatoms. The van der Waals surface area contributed by atoms with E-state index in [1.807, 2.05) is 42.5 Å². The third-order valence-electron chi connectivity index (χ3n) is 4.43. The Labute approximate surface area is 185 Å². The van der Waals surface area contributed by atoms with E-state index in [1.54, 1.807) is 12.1 Å². The van der Waals surface area contributed by atoms with Crippen molar-refractivity contribution in [3.8, 4) is 0 Å². The molecule has 0 heterocycles. The minimum atomic E-state index is -3.72. The average Bonchev–Trinajstić information content (AvgIpc) is 2.76. The van der Waals surface area contributed by atoms with Gasteiger partial charge >= 0.3 is 5.97 Å². The van der Waals surface area contributed by atoms with Crippen LogP contribution < -0.4 is 10.5 Å². The van der Waals surface area contributed by atoms with Crippen molar-refractivity contribution in [2.45, 2.75) is 16.2 Å². The van der Waals surface area contributed by atoms with Crippen LogP contribution in [0.1, 0.15) is 5.56 Å². The van der Waals surface area contributed by atoms with E-state index in [-0.39, 0.29) is 17.3 Å². The highest BCUT2D eigenvalue weighted by Gasteiger charge is 2.09. The third-order valence-corrected chi connectivity index (χ3v) is 6.33. The maximum Gasteiger partial charge on any atom is 0.316 e. The van der Waals surface area contributed by atoms with E-state index in [9.17, 15) is 18.0 Å². The monoisotopic (exact) mass is 458 g/mol. The van der Waals surface area contributed by atoms with E-state index in [0.717, 1.165) is 21.2 Å². The summed E-state index contributed by atoms with van der Waals surface area (Å²) in [5.41, 5.74) is 0.844. The molecule has 162 valence electrons. The maximum atomic E-state index is 11.9. The molecule has 0 saturated carbocycles. The highest BCUT2D eigenvalue weighted by Crippen LogP contribution is 2.23. The Morgan fingerprint density at radius 2 is 1.68 bits per heavy atom. The first-order chi connectivity index (χ1) is 14.8. The van der Waals surface area contributed by atoms with E-state index in [1.165, 1.54) is 23.9 Å². The van der Waals surface area contributed by atoms with Gasteiger partial charge in [0.2, 0.25) is 10.0 Å². The van der Waals surface area contributed by atoms with Crippen LogP contribution in [0.4, 0.5) is 0 Å². The Morgan fingerprint density at radius 1 is 0.968 bits per heavy atom. The zero-order valence-electron chi connectivity index (χ0n) is 16.6. The van der Waals surface area contributed by atoms with Gasteiger partial charge in [0.1, 0.15) is 0 Å². The fourth-order valence-corrected chi connectivity index (χ4v) is 4.09. The molecular formula is C22H22N2O5S2. The van der Waals surface area contributed by atoms with Gasteiger partial charge in [-0.25, -0.2) is 13.6 Å². The Morgan fingerprint density at radius 3 is 2.39 bits per heavy atom. The highest BCUT2D eigenvalue weighted by atomic mass is 32.2. The summed E-state index contributed by atoms with van der Waals surface area (Å²) in [4.78, 5) is 24.8. The molecule has 0 aliphatic rings. The van der Waals surface area contributed by atoms with E-state index < -0.39 is 21.9 Å². The quantitative estimate of drug-likeness (QED) is 0.376. The predicted molar refractivity (Wildman–Crippen MR) is 120 cm³/mol. The van der Waals surface area contributed by atoms with Crippen molar-refractivity contribution in [2.75, 3.05) is 18.9 Å². The van der Waals surface area contributed by atoms with Crippen molar-refractivity contribution in [2.24, 2.45) is 5.14 Å².